The third-order valence-corrected chi connectivity index (χ3v) is 15.4. The van der Waals surface area contributed by atoms with Crippen molar-refractivity contribution >= 4 is 73.5 Å². The molecule has 0 saturated carbocycles. The van der Waals surface area contributed by atoms with Crippen molar-refractivity contribution in [3.63, 3.8) is 0 Å². The Morgan fingerprint density at radius 3 is 1.26 bits per heavy atom. The monoisotopic (exact) mass is 961 g/mol. The second-order valence-electron chi connectivity index (χ2n) is 18.6. The first-order chi connectivity index (χ1) is 33.3. The average molecular weight is 961 g/mol. The summed E-state index contributed by atoms with van der Waals surface area (Å²) >= 11 is 0. The summed E-state index contributed by atoms with van der Waals surface area (Å²) in [5.74, 6) is -3.34. The number of ether oxygens (including phenoxy) is 1. The molecule has 0 aliphatic rings. The van der Waals surface area contributed by atoms with Gasteiger partial charge in [0.2, 0.25) is 29.5 Å². The molecule has 0 bridgehead atoms. The first-order valence-corrected chi connectivity index (χ1v) is 25.0. The van der Waals surface area contributed by atoms with Crippen molar-refractivity contribution in [1.82, 2.24) is 26.6 Å². The molecule has 5 aromatic rings. The molecule has 0 radical (unpaired) electrons. The number of esters is 1. The van der Waals surface area contributed by atoms with Gasteiger partial charge < -0.3 is 31.3 Å². The molecule has 0 aromatic heterocycles. The molecule has 15 heteroatoms. The SMILES string of the molecule is CCC(CC)(NC(=O)Cc1ccc2ccc3cccc4ccc1c2c34)C(=O)NC(CC)(CC)C(=O)NC(CC)(CC)C(=O)NC(CC)(CC)C(=O)NC(CC)(CC)C(=O)OCc1ccc([N+](=O)[O-])cc1. The summed E-state index contributed by atoms with van der Waals surface area (Å²) in [5.41, 5.74) is -6.09. The number of nitrogens with zero attached hydrogens (tertiary/aromatic N) is 1. The van der Waals surface area contributed by atoms with E-state index in [0.29, 0.717) is 5.56 Å². The highest BCUT2D eigenvalue weighted by Gasteiger charge is 2.50. The number of amides is 5. The van der Waals surface area contributed by atoms with Gasteiger partial charge in [-0.15, -0.1) is 0 Å². The number of benzene rings is 5. The zero-order chi connectivity index (χ0) is 51.7. The molecule has 0 fully saturated rings. The molecule has 0 unspecified atom stereocenters. The minimum atomic E-state index is -1.52. The molecule has 5 rings (SSSR count). The van der Waals surface area contributed by atoms with Crippen LogP contribution < -0.4 is 26.6 Å². The largest absolute Gasteiger partial charge is 0.459 e. The zero-order valence-corrected chi connectivity index (χ0v) is 42.6. The van der Waals surface area contributed by atoms with E-state index >= 15 is 0 Å². The molecule has 0 atom stereocenters. The lowest BCUT2D eigenvalue weighted by atomic mass is 9.83. The fourth-order valence-electron chi connectivity index (χ4n) is 9.77. The summed E-state index contributed by atoms with van der Waals surface area (Å²) in [5, 5.41) is 32.7. The van der Waals surface area contributed by atoms with Gasteiger partial charge in [-0.3, -0.25) is 34.1 Å². The van der Waals surface area contributed by atoms with Gasteiger partial charge in [-0.2, -0.15) is 0 Å². The summed E-state index contributed by atoms with van der Waals surface area (Å²) in [6, 6.07) is 24.1. The lowest BCUT2D eigenvalue weighted by molar-refractivity contribution is -0.384. The Hall–Kier alpha value is -6.64. The maximum Gasteiger partial charge on any atom is 0.332 e. The van der Waals surface area contributed by atoms with Crippen molar-refractivity contribution in [3.8, 4) is 0 Å². The van der Waals surface area contributed by atoms with E-state index in [9.17, 15) is 38.9 Å². The van der Waals surface area contributed by atoms with Crippen LogP contribution in [-0.4, -0.2) is 68.1 Å². The van der Waals surface area contributed by atoms with Gasteiger partial charge in [-0.25, -0.2) is 4.79 Å². The third kappa shape index (κ3) is 10.4. The Bertz CT molecular complexity index is 2680. The van der Waals surface area contributed by atoms with Gasteiger partial charge >= 0.3 is 5.97 Å². The Morgan fingerprint density at radius 1 is 0.471 bits per heavy atom. The van der Waals surface area contributed by atoms with Gasteiger partial charge in [0, 0.05) is 12.1 Å². The average Bonchev–Trinajstić information content (AvgIpc) is 3.38. The second kappa shape index (κ2) is 22.4. The van der Waals surface area contributed by atoms with E-state index in [1.54, 1.807) is 55.4 Å². The van der Waals surface area contributed by atoms with Crippen LogP contribution in [0.1, 0.15) is 145 Å². The number of hydrogen-bond donors (Lipinski definition) is 5. The number of non-ortho nitro benzene ring substituents is 1. The first kappa shape index (κ1) is 54.3. The zero-order valence-electron chi connectivity index (χ0n) is 42.6. The van der Waals surface area contributed by atoms with Gasteiger partial charge in [-0.1, -0.05) is 124 Å². The van der Waals surface area contributed by atoms with Crippen molar-refractivity contribution < 1.29 is 38.4 Å². The molecule has 0 heterocycles. The summed E-state index contributed by atoms with van der Waals surface area (Å²) in [4.78, 5) is 97.0. The predicted octanol–water partition coefficient (Wildman–Crippen LogP) is 9.15. The molecule has 5 aromatic carbocycles. The molecular weight excluding hydrogens is 889 g/mol. The van der Waals surface area contributed by atoms with Gasteiger partial charge in [-0.05, 0) is 120 Å². The molecule has 5 amide bonds. The van der Waals surface area contributed by atoms with Crippen LogP contribution in [0.4, 0.5) is 5.69 Å². The lowest BCUT2D eigenvalue weighted by Gasteiger charge is -2.43. The molecular formula is C55H72N6O9. The number of carbonyl (C=O) groups excluding carboxylic acids is 6. The van der Waals surface area contributed by atoms with Crippen LogP contribution in [0, 0.1) is 10.1 Å². The van der Waals surface area contributed by atoms with E-state index in [-0.39, 0.29) is 88.8 Å². The Morgan fingerprint density at radius 2 is 0.843 bits per heavy atom. The highest BCUT2D eigenvalue weighted by Crippen LogP contribution is 2.36. The minimum Gasteiger partial charge on any atom is -0.459 e. The topological polar surface area (TPSA) is 215 Å². The maximum atomic E-state index is 14.8. The fraction of sp³-hybridized carbons (Fsp3) is 0.491. The van der Waals surface area contributed by atoms with Crippen LogP contribution >= 0.6 is 0 Å². The third-order valence-electron chi connectivity index (χ3n) is 15.4. The van der Waals surface area contributed by atoms with Crippen LogP contribution in [0.25, 0.3) is 32.3 Å². The minimum absolute atomic E-state index is 0.0300. The normalized spacial score (nSPS) is 12.4. The van der Waals surface area contributed by atoms with E-state index in [1.807, 2.05) is 38.1 Å². The van der Waals surface area contributed by atoms with E-state index in [2.05, 4.69) is 56.9 Å². The second-order valence-corrected chi connectivity index (χ2v) is 18.6. The predicted molar refractivity (Wildman–Crippen MR) is 274 cm³/mol. The summed E-state index contributed by atoms with van der Waals surface area (Å²) in [7, 11) is 0. The van der Waals surface area contributed by atoms with Gasteiger partial charge in [0.05, 0.1) is 11.3 Å². The Balaban J connectivity index is 1.33. The molecule has 15 nitrogen and oxygen atoms in total. The summed E-state index contributed by atoms with van der Waals surface area (Å²) < 4.78 is 5.65. The van der Waals surface area contributed by atoms with E-state index in [1.165, 1.54) is 24.3 Å². The molecule has 376 valence electrons. The van der Waals surface area contributed by atoms with Crippen molar-refractivity contribution in [2.75, 3.05) is 0 Å². The van der Waals surface area contributed by atoms with E-state index in [0.717, 1.165) is 37.9 Å². The number of carbonyl (C=O) groups is 6. The number of nitrogens with one attached hydrogen (secondary N) is 5. The lowest BCUT2D eigenvalue weighted by Crippen LogP contribution is -2.71. The van der Waals surface area contributed by atoms with E-state index < -0.39 is 62.2 Å². The molecule has 70 heavy (non-hydrogen) atoms. The van der Waals surface area contributed by atoms with Crippen molar-refractivity contribution in [2.24, 2.45) is 0 Å². The molecule has 5 N–H and O–H groups in total. The number of nitro groups is 1. The van der Waals surface area contributed by atoms with Crippen LogP contribution in [0.2, 0.25) is 0 Å². The molecule has 0 aliphatic carbocycles. The number of rotatable bonds is 25. The van der Waals surface area contributed by atoms with E-state index in [4.69, 9.17) is 4.74 Å². The quantitative estimate of drug-likeness (QED) is 0.0163. The Kier molecular flexibility index (Phi) is 17.4. The maximum absolute atomic E-state index is 14.8. The smallest absolute Gasteiger partial charge is 0.332 e. The van der Waals surface area contributed by atoms with Crippen LogP contribution in [0.3, 0.4) is 0 Å². The highest BCUT2D eigenvalue weighted by atomic mass is 16.6. The van der Waals surface area contributed by atoms with Gasteiger partial charge in [0.1, 0.15) is 34.3 Å². The van der Waals surface area contributed by atoms with Crippen molar-refractivity contribution in [3.05, 3.63) is 100 Å². The molecule has 0 aliphatic heterocycles. The summed E-state index contributed by atoms with van der Waals surface area (Å²) in [6.07, 6.45) is 1.74. The van der Waals surface area contributed by atoms with Crippen LogP contribution in [-0.2, 0) is 46.5 Å². The van der Waals surface area contributed by atoms with Gasteiger partial charge in [0.25, 0.3) is 5.69 Å². The van der Waals surface area contributed by atoms with Crippen molar-refractivity contribution in [1.29, 1.82) is 0 Å². The van der Waals surface area contributed by atoms with Crippen LogP contribution in [0.15, 0.2) is 78.9 Å². The van der Waals surface area contributed by atoms with Crippen molar-refractivity contribution in [2.45, 2.75) is 174 Å². The summed E-state index contributed by atoms with van der Waals surface area (Å²) in [6.45, 7) is 17.5. The molecule has 0 spiro atoms. The highest BCUT2D eigenvalue weighted by molar-refractivity contribution is 6.23. The number of hydrogen-bond acceptors (Lipinski definition) is 9. The van der Waals surface area contributed by atoms with Crippen LogP contribution in [0.5, 0.6) is 0 Å². The number of nitro benzene ring substituents is 1. The molecule has 0 saturated heterocycles. The van der Waals surface area contributed by atoms with Gasteiger partial charge in [0.15, 0.2) is 0 Å². The first-order valence-electron chi connectivity index (χ1n) is 25.0. The standard InChI is InChI=1S/C55H72N6O9/c1-11-51(12-2,56-43(62)34-40-29-28-39-27-26-37-22-21-23-38-30-33-42(40)45(39)44(37)38)46(63)57-52(13-3,14-4)47(64)58-53(15-5,16-6)48(65)59-54(17-7,18-8)49(66)60-55(19-9,20-10)50(67)70-35-36-24-31-41(32-25-36)61(68)69/h21-33H,11-20,34-35H2,1-10H3,(H,56,62)(H,57,63)(H,58,64)(H,59,65)(H,60,66). The Labute approximate surface area is 411 Å². The fourth-order valence-corrected chi connectivity index (χ4v) is 9.77.